The Morgan fingerprint density at radius 1 is 0.980 bits per heavy atom. The number of esters is 1. The Hall–Kier alpha value is -3.69. The van der Waals surface area contributed by atoms with Crippen molar-refractivity contribution in [3.8, 4) is 16.2 Å². The van der Waals surface area contributed by atoms with Gasteiger partial charge in [0.15, 0.2) is 0 Å². The topological polar surface area (TPSA) is 133 Å². The highest BCUT2D eigenvalue weighted by atomic mass is 32.2. The van der Waals surface area contributed by atoms with Crippen LogP contribution in [-0.4, -0.2) is 91.2 Å². The Balaban J connectivity index is 1.63. The number of hydrogen-bond acceptors (Lipinski definition) is 11. The van der Waals surface area contributed by atoms with Gasteiger partial charge < -0.3 is 28.6 Å². The first-order chi connectivity index (χ1) is 24.0. The monoisotopic (exact) mass is 729 g/mol. The molecule has 1 N–H and O–H groups in total. The molecule has 2 heterocycles. The molecule has 5 rings (SSSR count). The molecule has 1 aromatic heterocycles. The van der Waals surface area contributed by atoms with Gasteiger partial charge in [-0.1, -0.05) is 37.5 Å². The Morgan fingerprint density at radius 3 is 2.40 bits per heavy atom. The fourth-order valence-corrected chi connectivity index (χ4v) is 9.15. The number of hydrogen-bond donors (Lipinski definition) is 1. The van der Waals surface area contributed by atoms with Gasteiger partial charge in [0, 0.05) is 48.9 Å². The van der Waals surface area contributed by atoms with Gasteiger partial charge in [-0.2, -0.15) is 4.31 Å². The Kier molecular flexibility index (Phi) is 12.8. The van der Waals surface area contributed by atoms with Gasteiger partial charge in [-0.05, 0) is 56.9 Å². The molecule has 1 aliphatic carbocycles. The van der Waals surface area contributed by atoms with Crippen molar-refractivity contribution >= 4 is 50.5 Å². The number of thiophene rings is 1. The van der Waals surface area contributed by atoms with Crippen LogP contribution >= 0.6 is 11.3 Å². The van der Waals surface area contributed by atoms with E-state index in [-0.39, 0.29) is 53.3 Å². The molecule has 0 radical (unpaired) electrons. The number of benzene rings is 2. The first-order valence-electron chi connectivity index (χ1n) is 16.9. The van der Waals surface area contributed by atoms with Crippen LogP contribution in [-0.2, 0) is 29.0 Å². The number of methoxy groups -OCH3 is 2. The second kappa shape index (κ2) is 17.0. The number of ether oxygens (including phenoxy) is 5. The molecule has 50 heavy (non-hydrogen) atoms. The number of nitrogens with one attached hydrogen (secondary N) is 1. The minimum atomic E-state index is -4.01. The average Bonchev–Trinajstić information content (AvgIpc) is 3.50. The summed E-state index contributed by atoms with van der Waals surface area (Å²) < 4.78 is 58.1. The summed E-state index contributed by atoms with van der Waals surface area (Å²) in [6, 6.07) is 14.5. The van der Waals surface area contributed by atoms with Gasteiger partial charge in [-0.3, -0.25) is 5.32 Å². The normalized spacial score (nSPS) is 18.0. The SMILES string of the molecule is COCCOc1cc2c(cc1-c1cc(NC(=O)OCCOC(C)C)c(C(=O)OC)s1)S(=O)(=O)N(C)[C@H](C1CCCCC1)CN2c1ccccc1. The molecule has 1 atom stereocenters. The summed E-state index contributed by atoms with van der Waals surface area (Å²) in [7, 11) is 0.486. The van der Waals surface area contributed by atoms with Crippen LogP contribution in [0.1, 0.15) is 55.6 Å². The predicted molar refractivity (Wildman–Crippen MR) is 193 cm³/mol. The highest BCUT2D eigenvalue weighted by Crippen LogP contribution is 2.47. The van der Waals surface area contributed by atoms with Gasteiger partial charge in [0.2, 0.25) is 10.0 Å². The third kappa shape index (κ3) is 8.60. The van der Waals surface area contributed by atoms with Crippen LogP contribution < -0.4 is 15.0 Å². The summed E-state index contributed by atoms with van der Waals surface area (Å²) in [6.07, 6.45) is 4.44. The fourth-order valence-electron chi connectivity index (χ4n) is 6.49. The van der Waals surface area contributed by atoms with Crippen molar-refractivity contribution in [3.63, 3.8) is 0 Å². The zero-order chi connectivity index (χ0) is 35.8. The Bertz CT molecular complexity index is 1720. The molecular weight excluding hydrogens is 683 g/mol. The van der Waals surface area contributed by atoms with Gasteiger partial charge >= 0.3 is 12.1 Å². The van der Waals surface area contributed by atoms with Crippen LogP contribution in [0, 0.1) is 5.92 Å². The lowest BCUT2D eigenvalue weighted by Crippen LogP contribution is -2.46. The number of carbonyl (C=O) groups is 2. The number of likely N-dealkylation sites (N-methyl/N-ethyl adjacent to an activating group) is 1. The van der Waals surface area contributed by atoms with E-state index < -0.39 is 22.1 Å². The van der Waals surface area contributed by atoms with E-state index in [0.29, 0.717) is 35.0 Å². The molecule has 2 aromatic carbocycles. The van der Waals surface area contributed by atoms with Crippen LogP contribution in [0.25, 0.3) is 10.4 Å². The molecule has 272 valence electrons. The number of fused-ring (bicyclic) bond motifs is 1. The number of rotatable bonds is 13. The summed E-state index contributed by atoms with van der Waals surface area (Å²) in [4.78, 5) is 28.4. The molecule has 2 aliphatic rings. The third-order valence-electron chi connectivity index (χ3n) is 9.03. The number of sulfonamides is 1. The van der Waals surface area contributed by atoms with E-state index in [1.807, 2.05) is 44.2 Å². The third-order valence-corrected chi connectivity index (χ3v) is 12.1. The first-order valence-corrected chi connectivity index (χ1v) is 19.2. The van der Waals surface area contributed by atoms with Crippen molar-refractivity contribution in [3.05, 3.63) is 53.4 Å². The summed E-state index contributed by atoms with van der Waals surface area (Å²) in [5.41, 5.74) is 1.95. The van der Waals surface area contributed by atoms with E-state index in [4.69, 9.17) is 23.7 Å². The molecule has 0 bridgehead atoms. The molecule has 0 unspecified atom stereocenters. The summed E-state index contributed by atoms with van der Waals surface area (Å²) in [6.45, 7) is 4.94. The molecule has 12 nitrogen and oxygen atoms in total. The van der Waals surface area contributed by atoms with Crippen molar-refractivity contribution < 1.29 is 41.7 Å². The molecular formula is C36H47N3O9S2. The van der Waals surface area contributed by atoms with Crippen LogP contribution in [0.3, 0.4) is 0 Å². The van der Waals surface area contributed by atoms with Crippen LogP contribution in [0.15, 0.2) is 53.4 Å². The van der Waals surface area contributed by atoms with E-state index in [0.717, 1.165) is 49.1 Å². The lowest BCUT2D eigenvalue weighted by Gasteiger charge is -2.36. The van der Waals surface area contributed by atoms with Gasteiger partial charge in [0.1, 0.15) is 28.7 Å². The van der Waals surface area contributed by atoms with E-state index in [1.165, 1.54) is 7.11 Å². The van der Waals surface area contributed by atoms with Gasteiger partial charge in [0.25, 0.3) is 0 Å². The Morgan fingerprint density at radius 2 is 1.72 bits per heavy atom. The minimum absolute atomic E-state index is 0.0159. The lowest BCUT2D eigenvalue weighted by atomic mass is 9.83. The van der Waals surface area contributed by atoms with E-state index in [2.05, 4.69) is 10.2 Å². The standard InChI is InChI=1S/C36H47N3O9S2/c1-24(2)46-18-19-48-36(41)37-28-21-32(49-34(28)35(40)45-5)27-20-33-29(22-31(27)47-17-16-44-4)39(26-14-10-7-11-15-26)23-30(38(3)50(33,42)43)25-12-8-6-9-13-25/h7,10-11,14-15,20-22,24-25,30H,6,8-9,12-13,16-19,23H2,1-5H3,(H,37,41)/t30-/m0/s1. The summed E-state index contributed by atoms with van der Waals surface area (Å²) >= 11 is 1.05. The molecule has 1 fully saturated rings. The maximum absolute atomic E-state index is 14.6. The largest absolute Gasteiger partial charge is 0.490 e. The zero-order valence-corrected chi connectivity index (χ0v) is 30.9. The first kappa shape index (κ1) is 37.6. The van der Waals surface area contributed by atoms with Crippen LogP contribution in [0.5, 0.6) is 5.75 Å². The molecule has 14 heteroatoms. The van der Waals surface area contributed by atoms with Gasteiger partial charge in [-0.25, -0.2) is 18.0 Å². The average molecular weight is 730 g/mol. The predicted octanol–water partition coefficient (Wildman–Crippen LogP) is 6.92. The number of carbonyl (C=O) groups excluding carboxylic acids is 2. The smallest absolute Gasteiger partial charge is 0.411 e. The van der Waals surface area contributed by atoms with Crippen molar-refractivity contribution in [2.75, 3.05) is 64.5 Å². The van der Waals surface area contributed by atoms with Crippen molar-refractivity contribution in [2.45, 2.75) is 63.0 Å². The highest BCUT2D eigenvalue weighted by molar-refractivity contribution is 7.89. The molecule has 1 aliphatic heterocycles. The fraction of sp³-hybridized carbons (Fsp3) is 0.500. The number of para-hydroxylation sites is 1. The molecule has 3 aromatic rings. The zero-order valence-electron chi connectivity index (χ0n) is 29.3. The van der Waals surface area contributed by atoms with Crippen molar-refractivity contribution in [2.24, 2.45) is 5.92 Å². The Labute approximate surface area is 298 Å². The quantitative estimate of drug-likeness (QED) is 0.146. The van der Waals surface area contributed by atoms with Crippen molar-refractivity contribution in [1.82, 2.24) is 4.31 Å². The van der Waals surface area contributed by atoms with Crippen molar-refractivity contribution in [1.29, 1.82) is 0 Å². The summed E-state index contributed by atoms with van der Waals surface area (Å²) in [5.74, 6) is -0.0614. The number of anilines is 3. The maximum atomic E-state index is 14.6. The van der Waals surface area contributed by atoms with Crippen LogP contribution in [0.4, 0.5) is 21.9 Å². The number of nitrogens with zero attached hydrogens (tertiary/aromatic N) is 2. The van der Waals surface area contributed by atoms with E-state index in [9.17, 15) is 18.0 Å². The molecule has 1 saturated carbocycles. The maximum Gasteiger partial charge on any atom is 0.411 e. The lowest BCUT2D eigenvalue weighted by molar-refractivity contribution is 0.0426. The highest BCUT2D eigenvalue weighted by Gasteiger charge is 2.41. The second-order valence-electron chi connectivity index (χ2n) is 12.6. The van der Waals surface area contributed by atoms with Crippen LogP contribution in [0.2, 0.25) is 0 Å². The van der Waals surface area contributed by atoms with E-state index in [1.54, 1.807) is 36.7 Å². The number of amides is 1. The second-order valence-corrected chi connectivity index (χ2v) is 15.6. The minimum Gasteiger partial charge on any atom is -0.490 e. The van der Waals surface area contributed by atoms with Gasteiger partial charge in [-0.15, -0.1) is 11.3 Å². The van der Waals surface area contributed by atoms with Gasteiger partial charge in [0.05, 0.1) is 37.8 Å². The molecule has 0 saturated heterocycles. The molecule has 0 spiro atoms. The molecule has 1 amide bonds. The summed E-state index contributed by atoms with van der Waals surface area (Å²) in [5, 5.41) is 2.64. The van der Waals surface area contributed by atoms with E-state index >= 15 is 0 Å².